The molecule has 1 heterocycles. The van der Waals surface area contributed by atoms with Crippen LogP contribution in [0.3, 0.4) is 0 Å². The predicted molar refractivity (Wildman–Crippen MR) is 130 cm³/mol. The van der Waals surface area contributed by atoms with E-state index in [2.05, 4.69) is 24.7 Å². The number of carbonyl (C=O) groups excluding carboxylic acids is 2. The molecule has 0 aliphatic carbocycles. The van der Waals surface area contributed by atoms with Gasteiger partial charge < -0.3 is 14.2 Å². The molecule has 0 saturated heterocycles. The van der Waals surface area contributed by atoms with Crippen LogP contribution >= 0.6 is 0 Å². The summed E-state index contributed by atoms with van der Waals surface area (Å²) in [5, 5.41) is 5.51. The van der Waals surface area contributed by atoms with Crippen molar-refractivity contribution >= 4 is 37.0 Å². The molecule has 0 atom stereocenters. The van der Waals surface area contributed by atoms with Gasteiger partial charge in [0.25, 0.3) is 0 Å². The lowest BCUT2D eigenvalue weighted by Gasteiger charge is -2.15. The summed E-state index contributed by atoms with van der Waals surface area (Å²) in [5.41, 5.74) is 2.81. The Balaban J connectivity index is 1.81. The lowest BCUT2D eigenvalue weighted by molar-refractivity contribution is -0.139. The van der Waals surface area contributed by atoms with Crippen molar-refractivity contribution in [3.05, 3.63) is 71.1 Å². The molecule has 0 aliphatic heterocycles. The fraction of sp³-hybridized carbons (Fsp3) is 0.320. The van der Waals surface area contributed by atoms with E-state index >= 15 is 0 Å². The highest BCUT2D eigenvalue weighted by Crippen LogP contribution is 2.22. The van der Waals surface area contributed by atoms with E-state index in [1.807, 2.05) is 25.3 Å². The minimum Gasteiger partial charge on any atom is -0.463 e. The summed E-state index contributed by atoms with van der Waals surface area (Å²) in [4.78, 5) is 24.7. The minimum atomic E-state index is -1.14. The van der Waals surface area contributed by atoms with Gasteiger partial charge in [0.15, 0.2) is 0 Å². The van der Waals surface area contributed by atoms with E-state index in [9.17, 15) is 9.59 Å². The molecule has 7 nitrogen and oxygen atoms in total. The number of aromatic nitrogens is 2. The molecule has 1 aromatic heterocycles. The highest BCUT2D eigenvalue weighted by Gasteiger charge is 2.18. The van der Waals surface area contributed by atoms with Crippen LogP contribution in [-0.4, -0.2) is 43.5 Å². The first-order valence-corrected chi connectivity index (χ1v) is 14.5. The molecule has 0 unspecified atom stereocenters. The summed E-state index contributed by atoms with van der Waals surface area (Å²) in [7, 11) is 0.103. The topological polar surface area (TPSA) is 79.7 Å². The summed E-state index contributed by atoms with van der Waals surface area (Å²) >= 11 is 0. The molecule has 0 radical (unpaired) electrons. The average molecular weight is 467 g/mol. The fourth-order valence-corrected chi connectivity index (χ4v) is 3.95. The number of ether oxygens (including phenoxy) is 3. The van der Waals surface area contributed by atoms with Gasteiger partial charge in [-0.05, 0) is 54.4 Å². The van der Waals surface area contributed by atoms with Gasteiger partial charge in [-0.1, -0.05) is 37.8 Å². The standard InChI is InChI=1S/C25H30N2O5Si/c1-18-13-19(14-21-16-27(26-23(18)21)17-31-11-12-33(3,4)5)15-22(25(29)30-2)32-24(28)20-9-7-6-8-10-20/h6-10,13-16H,11-12,17H2,1-5H3/b22-15-. The van der Waals surface area contributed by atoms with E-state index in [1.54, 1.807) is 35.0 Å². The zero-order valence-electron chi connectivity index (χ0n) is 19.8. The summed E-state index contributed by atoms with van der Waals surface area (Å²) < 4.78 is 17.7. The number of fused-ring (bicyclic) bond motifs is 1. The number of carbonyl (C=O) groups is 2. The molecule has 8 heteroatoms. The number of rotatable bonds is 9. The molecule has 0 amide bonds. The first-order chi connectivity index (χ1) is 15.7. The number of hydrogen-bond acceptors (Lipinski definition) is 6. The molecule has 3 aromatic rings. The van der Waals surface area contributed by atoms with Gasteiger partial charge in [0, 0.05) is 26.3 Å². The maximum absolute atomic E-state index is 12.4. The number of esters is 2. The average Bonchev–Trinajstić information content (AvgIpc) is 3.19. The molecule has 174 valence electrons. The van der Waals surface area contributed by atoms with Crippen molar-refractivity contribution < 1.29 is 23.8 Å². The number of methoxy groups -OCH3 is 1. The normalized spacial score (nSPS) is 12.1. The Kier molecular flexibility index (Phi) is 7.83. The Morgan fingerprint density at radius 1 is 1.12 bits per heavy atom. The minimum absolute atomic E-state index is 0.188. The maximum atomic E-state index is 12.4. The Morgan fingerprint density at radius 3 is 2.52 bits per heavy atom. The van der Waals surface area contributed by atoms with Crippen molar-refractivity contribution in [2.45, 2.75) is 39.3 Å². The van der Waals surface area contributed by atoms with Crippen LogP contribution in [0.1, 0.15) is 21.5 Å². The van der Waals surface area contributed by atoms with Gasteiger partial charge in [-0.2, -0.15) is 5.10 Å². The van der Waals surface area contributed by atoms with E-state index in [0.29, 0.717) is 24.5 Å². The third kappa shape index (κ3) is 6.87. The lowest BCUT2D eigenvalue weighted by Crippen LogP contribution is -2.22. The van der Waals surface area contributed by atoms with Gasteiger partial charge in [0.05, 0.1) is 18.2 Å². The number of benzene rings is 2. The van der Waals surface area contributed by atoms with Crippen LogP contribution in [0, 0.1) is 6.92 Å². The van der Waals surface area contributed by atoms with E-state index in [0.717, 1.165) is 22.5 Å². The van der Waals surface area contributed by atoms with E-state index in [1.165, 1.54) is 13.2 Å². The molecule has 3 rings (SSSR count). The highest BCUT2D eigenvalue weighted by atomic mass is 28.3. The second-order valence-corrected chi connectivity index (χ2v) is 14.7. The van der Waals surface area contributed by atoms with Crippen LogP contribution in [0.25, 0.3) is 17.0 Å². The summed E-state index contributed by atoms with van der Waals surface area (Å²) in [5.74, 6) is -1.55. The zero-order chi connectivity index (χ0) is 24.0. The van der Waals surface area contributed by atoms with Crippen molar-refractivity contribution in [3.63, 3.8) is 0 Å². The quantitative estimate of drug-likeness (QED) is 0.145. The second-order valence-electron chi connectivity index (χ2n) is 9.05. The smallest absolute Gasteiger partial charge is 0.374 e. The Hall–Kier alpha value is -3.23. The number of aryl methyl sites for hydroxylation is 1. The summed E-state index contributed by atoms with van der Waals surface area (Å²) in [6.07, 6.45) is 3.41. The molecule has 2 aromatic carbocycles. The van der Waals surface area contributed by atoms with Crippen LogP contribution < -0.4 is 0 Å². The third-order valence-electron chi connectivity index (χ3n) is 4.99. The van der Waals surface area contributed by atoms with Crippen molar-refractivity contribution in [1.29, 1.82) is 0 Å². The maximum Gasteiger partial charge on any atom is 0.374 e. The van der Waals surface area contributed by atoms with Crippen molar-refractivity contribution in [2.24, 2.45) is 0 Å². The van der Waals surface area contributed by atoms with E-state index < -0.39 is 20.0 Å². The zero-order valence-corrected chi connectivity index (χ0v) is 20.8. The molecule has 0 aliphatic rings. The molecule has 0 bridgehead atoms. The van der Waals surface area contributed by atoms with Crippen LogP contribution in [0.5, 0.6) is 0 Å². The molecule has 33 heavy (non-hydrogen) atoms. The molecule has 0 spiro atoms. The van der Waals surface area contributed by atoms with E-state index in [4.69, 9.17) is 14.2 Å². The molecule has 0 N–H and O–H groups in total. The first kappa shape index (κ1) is 24.4. The van der Waals surface area contributed by atoms with Gasteiger partial charge in [0.2, 0.25) is 5.76 Å². The predicted octanol–water partition coefficient (Wildman–Crippen LogP) is 5.03. The number of hydrogen-bond donors (Lipinski definition) is 0. The molecular formula is C25H30N2O5Si. The van der Waals surface area contributed by atoms with Gasteiger partial charge in [0.1, 0.15) is 6.73 Å². The Labute approximate surface area is 195 Å². The van der Waals surface area contributed by atoms with Gasteiger partial charge in [-0.15, -0.1) is 0 Å². The monoisotopic (exact) mass is 466 g/mol. The van der Waals surface area contributed by atoms with Crippen LogP contribution in [-0.2, 0) is 25.7 Å². The molecule has 0 fully saturated rings. The fourth-order valence-electron chi connectivity index (χ4n) is 3.19. The highest BCUT2D eigenvalue weighted by molar-refractivity contribution is 6.76. The van der Waals surface area contributed by atoms with Crippen molar-refractivity contribution in [3.8, 4) is 0 Å². The van der Waals surface area contributed by atoms with Gasteiger partial charge in [-0.3, -0.25) is 0 Å². The SMILES string of the molecule is COC(=O)/C(=C/c1cc(C)c2nn(COCC[Si](C)(C)C)cc2c1)OC(=O)c1ccccc1. The number of nitrogens with zero attached hydrogens (tertiary/aromatic N) is 2. The van der Waals surface area contributed by atoms with Gasteiger partial charge in [-0.25, -0.2) is 14.3 Å². The first-order valence-electron chi connectivity index (χ1n) is 10.8. The van der Waals surface area contributed by atoms with Crippen molar-refractivity contribution in [2.75, 3.05) is 13.7 Å². The third-order valence-corrected chi connectivity index (χ3v) is 6.69. The largest absolute Gasteiger partial charge is 0.463 e. The molecular weight excluding hydrogens is 436 g/mol. The Morgan fingerprint density at radius 2 is 1.85 bits per heavy atom. The van der Waals surface area contributed by atoms with Crippen molar-refractivity contribution in [1.82, 2.24) is 9.78 Å². The van der Waals surface area contributed by atoms with Crippen LogP contribution in [0.4, 0.5) is 0 Å². The summed E-state index contributed by atoms with van der Waals surface area (Å²) in [6, 6.07) is 13.3. The van der Waals surface area contributed by atoms with Crippen LogP contribution in [0.2, 0.25) is 25.7 Å². The molecule has 0 saturated carbocycles. The van der Waals surface area contributed by atoms with Crippen LogP contribution in [0.15, 0.2) is 54.4 Å². The van der Waals surface area contributed by atoms with Gasteiger partial charge >= 0.3 is 11.9 Å². The second kappa shape index (κ2) is 10.6. The Bertz CT molecular complexity index is 1160. The summed E-state index contributed by atoms with van der Waals surface area (Å²) in [6.45, 7) is 9.99. The lowest BCUT2D eigenvalue weighted by atomic mass is 10.1. The van der Waals surface area contributed by atoms with E-state index in [-0.39, 0.29) is 5.76 Å².